The summed E-state index contributed by atoms with van der Waals surface area (Å²) in [6.45, 7) is 3.66. The topological polar surface area (TPSA) is 80.4 Å². The highest BCUT2D eigenvalue weighted by atomic mass is 32.2. The molecule has 0 fully saturated rings. The van der Waals surface area contributed by atoms with Crippen molar-refractivity contribution in [3.63, 3.8) is 0 Å². The summed E-state index contributed by atoms with van der Waals surface area (Å²) in [5.74, 6) is -0.879. The Kier molecular flexibility index (Phi) is 4.51. The number of aliphatic carboxylic acids is 1. The van der Waals surface area contributed by atoms with Crippen molar-refractivity contribution in [2.45, 2.75) is 24.0 Å². The quantitative estimate of drug-likeness (QED) is 0.497. The molecule has 1 N–H and O–H groups in total. The van der Waals surface area contributed by atoms with Crippen molar-refractivity contribution < 1.29 is 14.8 Å². The third-order valence-electron chi connectivity index (χ3n) is 2.16. The van der Waals surface area contributed by atoms with Crippen molar-refractivity contribution >= 4 is 23.4 Å². The molecule has 6 heteroatoms. The van der Waals surface area contributed by atoms with Crippen molar-refractivity contribution in [3.05, 3.63) is 34.4 Å². The van der Waals surface area contributed by atoms with E-state index in [4.69, 9.17) is 5.11 Å². The first-order chi connectivity index (χ1) is 7.91. The Morgan fingerprint density at radius 2 is 1.88 bits per heavy atom. The Morgan fingerprint density at radius 3 is 2.24 bits per heavy atom. The Labute approximate surface area is 103 Å². The largest absolute Gasteiger partial charge is 0.480 e. The van der Waals surface area contributed by atoms with E-state index in [0.717, 1.165) is 4.90 Å². The van der Waals surface area contributed by atoms with Gasteiger partial charge in [0, 0.05) is 17.0 Å². The SMILES string of the molecule is CC(C)C(Sc1ccc([N+](=O)[O-])cc1)C(=O)O. The molecule has 1 aromatic carbocycles. The highest BCUT2D eigenvalue weighted by Crippen LogP contribution is 2.29. The molecule has 0 aliphatic heterocycles. The molecule has 5 nitrogen and oxygen atoms in total. The van der Waals surface area contributed by atoms with E-state index in [9.17, 15) is 14.9 Å². The third kappa shape index (κ3) is 3.74. The number of carbonyl (C=O) groups is 1. The van der Waals surface area contributed by atoms with Crippen molar-refractivity contribution in [1.82, 2.24) is 0 Å². The number of nitro groups is 1. The molecule has 0 aliphatic rings. The Morgan fingerprint density at radius 1 is 1.35 bits per heavy atom. The van der Waals surface area contributed by atoms with E-state index >= 15 is 0 Å². The Hall–Kier alpha value is -1.56. The van der Waals surface area contributed by atoms with Crippen molar-refractivity contribution in [1.29, 1.82) is 0 Å². The van der Waals surface area contributed by atoms with E-state index in [-0.39, 0.29) is 11.6 Å². The molecule has 17 heavy (non-hydrogen) atoms. The zero-order valence-electron chi connectivity index (χ0n) is 9.49. The number of non-ortho nitro benzene ring substituents is 1. The minimum absolute atomic E-state index is 0.00534. The molecule has 0 saturated carbocycles. The molecule has 0 saturated heterocycles. The number of nitrogens with zero attached hydrogens (tertiary/aromatic N) is 1. The molecule has 92 valence electrons. The minimum atomic E-state index is -0.872. The van der Waals surface area contributed by atoms with Crippen molar-refractivity contribution in [2.24, 2.45) is 5.92 Å². The highest BCUT2D eigenvalue weighted by molar-refractivity contribution is 8.00. The lowest BCUT2D eigenvalue weighted by atomic mass is 10.1. The van der Waals surface area contributed by atoms with E-state index in [0.29, 0.717) is 0 Å². The van der Waals surface area contributed by atoms with Crippen LogP contribution in [0, 0.1) is 16.0 Å². The van der Waals surface area contributed by atoms with E-state index < -0.39 is 16.1 Å². The fourth-order valence-corrected chi connectivity index (χ4v) is 2.22. The van der Waals surface area contributed by atoms with Crippen LogP contribution in [0.2, 0.25) is 0 Å². The first-order valence-corrected chi connectivity index (χ1v) is 5.93. The van der Waals surface area contributed by atoms with Crippen LogP contribution in [-0.4, -0.2) is 21.2 Å². The first kappa shape index (κ1) is 13.5. The molecule has 0 heterocycles. The van der Waals surface area contributed by atoms with Gasteiger partial charge in [0.05, 0.1) is 4.92 Å². The zero-order chi connectivity index (χ0) is 13.0. The molecule has 1 unspecified atom stereocenters. The molecular weight excluding hydrogens is 242 g/mol. The number of carboxylic acids is 1. The summed E-state index contributed by atoms with van der Waals surface area (Å²) in [4.78, 5) is 21.7. The van der Waals surface area contributed by atoms with Crippen LogP contribution in [0.3, 0.4) is 0 Å². The van der Waals surface area contributed by atoms with E-state index in [1.165, 1.54) is 23.9 Å². The van der Waals surface area contributed by atoms with Gasteiger partial charge in [0.1, 0.15) is 5.25 Å². The number of hydrogen-bond acceptors (Lipinski definition) is 4. The van der Waals surface area contributed by atoms with Gasteiger partial charge in [0.15, 0.2) is 0 Å². The van der Waals surface area contributed by atoms with E-state index in [1.807, 2.05) is 13.8 Å². The van der Waals surface area contributed by atoms with Crippen LogP contribution in [0.1, 0.15) is 13.8 Å². The Bertz CT molecular complexity index is 416. The summed E-state index contributed by atoms with van der Waals surface area (Å²) < 4.78 is 0. The van der Waals surface area contributed by atoms with Crippen LogP contribution in [-0.2, 0) is 4.79 Å². The standard InChI is InChI=1S/C11H13NO4S/c1-7(2)10(11(13)14)17-9-5-3-8(4-6-9)12(15)16/h3-7,10H,1-2H3,(H,13,14). The number of benzene rings is 1. The zero-order valence-corrected chi connectivity index (χ0v) is 10.3. The van der Waals surface area contributed by atoms with Gasteiger partial charge >= 0.3 is 5.97 Å². The molecule has 0 aliphatic carbocycles. The lowest BCUT2D eigenvalue weighted by Gasteiger charge is -2.15. The van der Waals surface area contributed by atoms with Crippen LogP contribution in [0.15, 0.2) is 29.2 Å². The van der Waals surface area contributed by atoms with Crippen molar-refractivity contribution in [3.8, 4) is 0 Å². The van der Waals surface area contributed by atoms with Crippen LogP contribution in [0.25, 0.3) is 0 Å². The number of nitro benzene ring substituents is 1. The van der Waals surface area contributed by atoms with Crippen LogP contribution >= 0.6 is 11.8 Å². The van der Waals surface area contributed by atoms with Crippen LogP contribution in [0.4, 0.5) is 5.69 Å². The average molecular weight is 255 g/mol. The van der Waals surface area contributed by atoms with Crippen LogP contribution < -0.4 is 0 Å². The fourth-order valence-electron chi connectivity index (χ4n) is 1.26. The number of hydrogen-bond donors (Lipinski definition) is 1. The van der Waals surface area contributed by atoms with Gasteiger partial charge < -0.3 is 5.11 Å². The molecule has 0 aromatic heterocycles. The second kappa shape index (κ2) is 5.67. The summed E-state index contributed by atoms with van der Waals surface area (Å²) in [7, 11) is 0. The predicted molar refractivity (Wildman–Crippen MR) is 65.2 cm³/mol. The molecular formula is C11H13NO4S. The molecule has 0 spiro atoms. The fraction of sp³-hybridized carbons (Fsp3) is 0.364. The normalized spacial score (nSPS) is 12.4. The van der Waals surface area contributed by atoms with Crippen LogP contribution in [0.5, 0.6) is 0 Å². The first-order valence-electron chi connectivity index (χ1n) is 5.05. The third-order valence-corrected chi connectivity index (χ3v) is 3.70. The smallest absolute Gasteiger partial charge is 0.317 e. The lowest BCUT2D eigenvalue weighted by molar-refractivity contribution is -0.384. The summed E-state index contributed by atoms with van der Waals surface area (Å²) in [5.41, 5.74) is 0.00534. The lowest BCUT2D eigenvalue weighted by Crippen LogP contribution is -2.22. The number of rotatable bonds is 5. The van der Waals surface area contributed by atoms with Gasteiger partial charge in [-0.15, -0.1) is 11.8 Å². The number of carboxylic acid groups (broad SMARTS) is 1. The van der Waals surface area contributed by atoms with Gasteiger partial charge in [-0.1, -0.05) is 13.8 Å². The van der Waals surface area contributed by atoms with Crippen molar-refractivity contribution in [2.75, 3.05) is 0 Å². The maximum atomic E-state index is 11.0. The van der Waals surface area contributed by atoms with Gasteiger partial charge in [-0.25, -0.2) is 0 Å². The molecule has 0 radical (unpaired) electrons. The molecule has 1 aromatic rings. The van der Waals surface area contributed by atoms with E-state index in [1.54, 1.807) is 12.1 Å². The number of thioether (sulfide) groups is 1. The molecule has 0 bridgehead atoms. The summed E-state index contributed by atoms with van der Waals surface area (Å²) in [6, 6.07) is 5.89. The van der Waals surface area contributed by atoms with Gasteiger partial charge in [-0.2, -0.15) is 0 Å². The van der Waals surface area contributed by atoms with Gasteiger partial charge in [-0.05, 0) is 18.1 Å². The highest BCUT2D eigenvalue weighted by Gasteiger charge is 2.22. The molecule has 0 amide bonds. The molecule has 1 atom stereocenters. The van der Waals surface area contributed by atoms with Gasteiger partial charge in [0.2, 0.25) is 0 Å². The monoisotopic (exact) mass is 255 g/mol. The maximum Gasteiger partial charge on any atom is 0.317 e. The summed E-state index contributed by atoms with van der Waals surface area (Å²) in [6.07, 6.45) is 0. The second-order valence-corrected chi connectivity index (χ2v) is 5.09. The molecule has 1 rings (SSSR count). The second-order valence-electron chi connectivity index (χ2n) is 3.87. The average Bonchev–Trinajstić information content (AvgIpc) is 2.25. The predicted octanol–water partition coefficient (Wildman–Crippen LogP) is 2.80. The van der Waals surface area contributed by atoms with E-state index in [2.05, 4.69) is 0 Å². The maximum absolute atomic E-state index is 11.0. The summed E-state index contributed by atoms with van der Waals surface area (Å²) >= 11 is 1.20. The minimum Gasteiger partial charge on any atom is -0.480 e. The summed E-state index contributed by atoms with van der Waals surface area (Å²) in [5, 5.41) is 18.9. The van der Waals surface area contributed by atoms with Gasteiger partial charge in [0.25, 0.3) is 5.69 Å². The van der Waals surface area contributed by atoms with Gasteiger partial charge in [-0.3, -0.25) is 14.9 Å². The Balaban J connectivity index is 2.80.